The quantitative estimate of drug-likeness (QED) is 0.740. The highest BCUT2D eigenvalue weighted by atomic mass is 32.1. The third kappa shape index (κ3) is 4.37. The summed E-state index contributed by atoms with van der Waals surface area (Å²) in [7, 11) is 0. The zero-order valence-corrected chi connectivity index (χ0v) is 11.8. The molecule has 102 valence electrons. The number of hydrogen-bond acceptors (Lipinski definition) is 2. The third-order valence-corrected chi connectivity index (χ3v) is 2.77. The summed E-state index contributed by atoms with van der Waals surface area (Å²) in [6.45, 7) is 1.99. The number of carbonyl (C=O) groups is 1. The second-order valence-corrected chi connectivity index (χ2v) is 4.67. The molecule has 0 radical (unpaired) electrons. The lowest BCUT2D eigenvalue weighted by atomic mass is 10.2. The van der Waals surface area contributed by atoms with E-state index in [1.54, 1.807) is 0 Å². The van der Waals surface area contributed by atoms with Gasteiger partial charge in [0.05, 0.1) is 0 Å². The maximum atomic E-state index is 11.7. The van der Waals surface area contributed by atoms with Crippen LogP contribution >= 0.6 is 12.2 Å². The molecule has 20 heavy (non-hydrogen) atoms. The van der Waals surface area contributed by atoms with Crippen LogP contribution in [0.1, 0.15) is 5.56 Å². The van der Waals surface area contributed by atoms with E-state index >= 15 is 0 Å². The minimum Gasteiger partial charge on any atom is -0.332 e. The van der Waals surface area contributed by atoms with Crippen molar-refractivity contribution in [1.82, 2.24) is 5.32 Å². The predicted molar refractivity (Wildman–Crippen MR) is 86.0 cm³/mol. The molecule has 2 amide bonds. The molecule has 0 spiro atoms. The van der Waals surface area contributed by atoms with Crippen LogP contribution in [-0.4, -0.2) is 11.1 Å². The Hall–Kier alpha value is -2.40. The van der Waals surface area contributed by atoms with Gasteiger partial charge in [-0.25, -0.2) is 4.79 Å². The zero-order chi connectivity index (χ0) is 14.4. The Morgan fingerprint density at radius 1 is 0.900 bits per heavy atom. The van der Waals surface area contributed by atoms with Crippen LogP contribution in [0.2, 0.25) is 0 Å². The maximum absolute atomic E-state index is 11.7. The fourth-order valence-electron chi connectivity index (χ4n) is 1.59. The lowest BCUT2D eigenvalue weighted by molar-refractivity contribution is 0.256. The Morgan fingerprint density at radius 3 is 2.15 bits per heavy atom. The van der Waals surface area contributed by atoms with Gasteiger partial charge in [0.15, 0.2) is 5.11 Å². The number of rotatable bonds is 2. The number of benzene rings is 2. The van der Waals surface area contributed by atoms with Crippen molar-refractivity contribution in [1.29, 1.82) is 0 Å². The van der Waals surface area contributed by atoms with E-state index in [0.29, 0.717) is 0 Å². The van der Waals surface area contributed by atoms with E-state index in [-0.39, 0.29) is 11.1 Å². The number of para-hydroxylation sites is 1. The fraction of sp³-hybridized carbons (Fsp3) is 0.0667. The van der Waals surface area contributed by atoms with Crippen molar-refractivity contribution in [2.24, 2.45) is 0 Å². The van der Waals surface area contributed by atoms with Crippen molar-refractivity contribution < 1.29 is 4.79 Å². The molecule has 2 rings (SSSR count). The van der Waals surface area contributed by atoms with Crippen LogP contribution in [0.4, 0.5) is 16.2 Å². The molecule has 0 heterocycles. The molecule has 3 N–H and O–H groups in total. The monoisotopic (exact) mass is 285 g/mol. The lowest BCUT2D eigenvalue weighted by Gasteiger charge is -2.10. The van der Waals surface area contributed by atoms with Gasteiger partial charge in [-0.05, 0) is 43.4 Å². The number of anilines is 2. The largest absolute Gasteiger partial charge is 0.332 e. The van der Waals surface area contributed by atoms with Crippen LogP contribution in [0.3, 0.4) is 0 Å². The number of thiocarbonyl (C=S) groups is 1. The minimum absolute atomic E-state index is 0.251. The molecule has 2 aromatic rings. The highest BCUT2D eigenvalue weighted by molar-refractivity contribution is 7.80. The topological polar surface area (TPSA) is 53.2 Å². The standard InChI is InChI=1S/C15H15N3OS/c1-11-7-9-13(10-8-11)16-14(19)18-15(20)17-12-5-3-2-4-6-12/h2-10H,1H3,(H3,16,17,18,19,20). The molecule has 0 saturated carbocycles. The van der Waals surface area contributed by atoms with Gasteiger partial charge in [0.25, 0.3) is 0 Å². The predicted octanol–water partition coefficient (Wildman–Crippen LogP) is 3.51. The first-order valence-corrected chi connectivity index (χ1v) is 6.55. The smallest absolute Gasteiger partial charge is 0.325 e. The van der Waals surface area contributed by atoms with Crippen molar-refractivity contribution in [3.8, 4) is 0 Å². The van der Waals surface area contributed by atoms with E-state index in [1.165, 1.54) is 0 Å². The molecule has 5 heteroatoms. The summed E-state index contributed by atoms with van der Waals surface area (Å²) in [5.41, 5.74) is 2.68. The highest BCUT2D eigenvalue weighted by Gasteiger charge is 2.04. The summed E-state index contributed by atoms with van der Waals surface area (Å²) in [4.78, 5) is 11.7. The number of amides is 2. The van der Waals surface area contributed by atoms with Crippen molar-refractivity contribution in [2.75, 3.05) is 10.6 Å². The van der Waals surface area contributed by atoms with Crippen molar-refractivity contribution >= 4 is 34.7 Å². The molecular weight excluding hydrogens is 270 g/mol. The Kier molecular flexibility index (Phi) is 4.68. The average Bonchev–Trinajstić information content (AvgIpc) is 2.42. The van der Waals surface area contributed by atoms with Crippen LogP contribution in [0.5, 0.6) is 0 Å². The highest BCUT2D eigenvalue weighted by Crippen LogP contribution is 2.08. The van der Waals surface area contributed by atoms with Gasteiger partial charge in [-0.3, -0.25) is 5.32 Å². The van der Waals surface area contributed by atoms with E-state index in [0.717, 1.165) is 16.9 Å². The first-order chi connectivity index (χ1) is 9.63. The van der Waals surface area contributed by atoms with Crippen LogP contribution < -0.4 is 16.0 Å². The normalized spacial score (nSPS) is 9.65. The Bertz CT molecular complexity index is 596. The number of carbonyl (C=O) groups excluding carboxylic acids is 1. The van der Waals surface area contributed by atoms with Gasteiger partial charge in [0.2, 0.25) is 0 Å². The molecule has 0 bridgehead atoms. The molecular formula is C15H15N3OS. The van der Waals surface area contributed by atoms with E-state index in [9.17, 15) is 4.79 Å². The number of hydrogen-bond donors (Lipinski definition) is 3. The Balaban J connectivity index is 1.85. The lowest BCUT2D eigenvalue weighted by Crippen LogP contribution is -2.37. The summed E-state index contributed by atoms with van der Waals surface area (Å²) in [5, 5.41) is 8.45. The molecule has 4 nitrogen and oxygen atoms in total. The molecule has 0 atom stereocenters. The zero-order valence-electron chi connectivity index (χ0n) is 11.0. The van der Waals surface area contributed by atoms with Crippen LogP contribution in [0, 0.1) is 6.92 Å². The van der Waals surface area contributed by atoms with Crippen molar-refractivity contribution in [3.05, 3.63) is 60.2 Å². The Morgan fingerprint density at radius 2 is 1.50 bits per heavy atom. The van der Waals surface area contributed by atoms with E-state index < -0.39 is 0 Å². The number of urea groups is 1. The second kappa shape index (κ2) is 6.68. The van der Waals surface area contributed by atoms with Gasteiger partial charge in [0.1, 0.15) is 0 Å². The van der Waals surface area contributed by atoms with Gasteiger partial charge in [-0.1, -0.05) is 35.9 Å². The molecule has 0 fully saturated rings. The van der Waals surface area contributed by atoms with E-state index in [1.807, 2.05) is 61.5 Å². The number of nitrogens with one attached hydrogen (secondary N) is 3. The minimum atomic E-state index is -0.373. The van der Waals surface area contributed by atoms with Gasteiger partial charge >= 0.3 is 6.03 Å². The first kappa shape index (κ1) is 14.0. The van der Waals surface area contributed by atoms with Gasteiger partial charge in [0, 0.05) is 11.4 Å². The summed E-state index contributed by atoms with van der Waals surface area (Å²) in [6.07, 6.45) is 0. The molecule has 2 aromatic carbocycles. The third-order valence-electron chi connectivity index (χ3n) is 2.57. The SMILES string of the molecule is Cc1ccc(NC(=O)NC(=S)Nc2ccccc2)cc1. The molecule has 0 aliphatic rings. The molecule has 0 aromatic heterocycles. The second-order valence-electron chi connectivity index (χ2n) is 4.27. The van der Waals surface area contributed by atoms with Gasteiger partial charge in [-0.15, -0.1) is 0 Å². The molecule has 0 aliphatic heterocycles. The first-order valence-electron chi connectivity index (χ1n) is 6.14. The van der Waals surface area contributed by atoms with Crippen LogP contribution in [0.25, 0.3) is 0 Å². The van der Waals surface area contributed by atoms with Crippen molar-refractivity contribution in [3.63, 3.8) is 0 Å². The van der Waals surface area contributed by atoms with Gasteiger partial charge < -0.3 is 10.6 Å². The van der Waals surface area contributed by atoms with Crippen molar-refractivity contribution in [2.45, 2.75) is 6.92 Å². The average molecular weight is 285 g/mol. The fourth-order valence-corrected chi connectivity index (χ4v) is 1.80. The maximum Gasteiger partial charge on any atom is 0.325 e. The van der Waals surface area contributed by atoms with E-state index in [2.05, 4.69) is 16.0 Å². The summed E-state index contributed by atoms with van der Waals surface area (Å²) in [6, 6.07) is 16.6. The van der Waals surface area contributed by atoms with Crippen LogP contribution in [-0.2, 0) is 0 Å². The summed E-state index contributed by atoms with van der Waals surface area (Å²) < 4.78 is 0. The molecule has 0 unspecified atom stereocenters. The van der Waals surface area contributed by atoms with Gasteiger partial charge in [-0.2, -0.15) is 0 Å². The Labute approximate surface area is 123 Å². The molecule has 0 aliphatic carbocycles. The van der Waals surface area contributed by atoms with Crippen LogP contribution in [0.15, 0.2) is 54.6 Å². The van der Waals surface area contributed by atoms with E-state index in [4.69, 9.17) is 12.2 Å². The molecule has 0 saturated heterocycles. The summed E-state index contributed by atoms with van der Waals surface area (Å²) in [5.74, 6) is 0. The number of aryl methyl sites for hydroxylation is 1. The summed E-state index contributed by atoms with van der Waals surface area (Å²) >= 11 is 5.07.